The van der Waals surface area contributed by atoms with E-state index in [1.165, 1.54) is 10.4 Å². The Labute approximate surface area is 177 Å². The topological polar surface area (TPSA) is 97.4 Å². The maximum atomic E-state index is 12.8. The second kappa shape index (κ2) is 9.71. The quantitative estimate of drug-likeness (QED) is 0.698. The second-order valence-corrected chi connectivity index (χ2v) is 9.78. The van der Waals surface area contributed by atoms with Gasteiger partial charge in [-0.15, -0.1) is 0 Å². The lowest BCUT2D eigenvalue weighted by atomic mass is 9.97. The molecule has 1 aromatic rings. The van der Waals surface area contributed by atoms with Gasteiger partial charge in [-0.25, -0.2) is 8.42 Å². The lowest BCUT2D eigenvalue weighted by Gasteiger charge is -2.34. The van der Waals surface area contributed by atoms with E-state index in [9.17, 15) is 13.2 Å². The Hall–Kier alpha value is -1.56. The van der Waals surface area contributed by atoms with E-state index < -0.39 is 10.0 Å². The summed E-state index contributed by atoms with van der Waals surface area (Å²) in [4.78, 5) is 14.9. The first kappa shape index (κ1) is 21.7. The van der Waals surface area contributed by atoms with Crippen molar-refractivity contribution in [3.63, 3.8) is 0 Å². The number of carbonyl (C=O) groups is 1. The lowest BCUT2D eigenvalue weighted by molar-refractivity contribution is -0.121. The van der Waals surface area contributed by atoms with Crippen molar-refractivity contribution in [1.29, 1.82) is 0 Å². The fraction of sp³-hybridized carbons (Fsp3) is 0.650. The van der Waals surface area contributed by atoms with E-state index in [2.05, 4.69) is 10.2 Å². The zero-order chi connectivity index (χ0) is 21.0. The Balaban J connectivity index is 1.35. The number of sulfonamides is 1. The van der Waals surface area contributed by atoms with Crippen LogP contribution in [-0.4, -0.2) is 89.0 Å². The number of morpholine rings is 1. The molecule has 4 rings (SSSR count). The SMILES string of the molecule is O=C(CN1CCCC(C2OCCO2)C1)Nc1cccc(S(=O)(=O)N2CCOCC2)c1. The summed E-state index contributed by atoms with van der Waals surface area (Å²) in [6.07, 6.45) is 1.86. The summed E-state index contributed by atoms with van der Waals surface area (Å²) in [7, 11) is -3.60. The number of likely N-dealkylation sites (tertiary alicyclic amines) is 1. The van der Waals surface area contributed by atoms with Gasteiger partial charge in [-0.05, 0) is 37.6 Å². The molecule has 166 valence electrons. The van der Waals surface area contributed by atoms with Gasteiger partial charge in [0.05, 0.1) is 37.9 Å². The molecule has 9 nitrogen and oxygen atoms in total. The van der Waals surface area contributed by atoms with Gasteiger partial charge in [0.25, 0.3) is 0 Å². The third kappa shape index (κ3) is 5.19. The summed E-state index contributed by atoms with van der Waals surface area (Å²) in [5.41, 5.74) is 0.477. The molecule has 30 heavy (non-hydrogen) atoms. The predicted molar refractivity (Wildman–Crippen MR) is 110 cm³/mol. The number of carbonyl (C=O) groups excluding carboxylic acids is 1. The van der Waals surface area contributed by atoms with E-state index in [4.69, 9.17) is 14.2 Å². The fourth-order valence-corrected chi connectivity index (χ4v) is 5.63. The van der Waals surface area contributed by atoms with Crippen LogP contribution in [0, 0.1) is 5.92 Å². The summed E-state index contributed by atoms with van der Waals surface area (Å²) in [5, 5.41) is 2.84. The second-order valence-electron chi connectivity index (χ2n) is 7.84. The van der Waals surface area contributed by atoms with E-state index >= 15 is 0 Å². The molecule has 1 N–H and O–H groups in total. The van der Waals surface area contributed by atoms with Gasteiger partial charge in [0.2, 0.25) is 15.9 Å². The molecule has 0 radical (unpaired) electrons. The molecule has 1 aromatic carbocycles. The first-order chi connectivity index (χ1) is 14.5. The van der Waals surface area contributed by atoms with Gasteiger partial charge in [-0.1, -0.05) is 6.07 Å². The third-order valence-electron chi connectivity index (χ3n) is 5.67. The predicted octanol–water partition coefficient (Wildman–Crippen LogP) is 0.731. The van der Waals surface area contributed by atoms with Crippen LogP contribution >= 0.6 is 0 Å². The number of rotatable bonds is 6. The Morgan fingerprint density at radius 3 is 2.63 bits per heavy atom. The Morgan fingerprint density at radius 1 is 1.10 bits per heavy atom. The molecule has 3 aliphatic heterocycles. The highest BCUT2D eigenvalue weighted by atomic mass is 32.2. The van der Waals surface area contributed by atoms with Crippen LogP contribution in [0.3, 0.4) is 0 Å². The van der Waals surface area contributed by atoms with Crippen LogP contribution < -0.4 is 5.32 Å². The molecule has 1 unspecified atom stereocenters. The summed E-state index contributed by atoms with van der Waals surface area (Å²) >= 11 is 0. The number of amides is 1. The average Bonchev–Trinajstić information content (AvgIpc) is 3.30. The number of nitrogens with zero attached hydrogens (tertiary/aromatic N) is 2. The minimum absolute atomic E-state index is 0.162. The van der Waals surface area contributed by atoms with E-state index in [-0.39, 0.29) is 29.6 Å². The molecule has 3 heterocycles. The first-order valence-electron chi connectivity index (χ1n) is 10.5. The van der Waals surface area contributed by atoms with Gasteiger partial charge in [0.15, 0.2) is 6.29 Å². The van der Waals surface area contributed by atoms with Crippen molar-refractivity contribution in [2.45, 2.75) is 24.0 Å². The van der Waals surface area contributed by atoms with Gasteiger partial charge in [-0.2, -0.15) is 4.31 Å². The normalized spacial score (nSPS) is 24.7. The Bertz CT molecular complexity index is 837. The molecule has 3 saturated heterocycles. The fourth-order valence-electron chi connectivity index (χ4n) is 4.18. The van der Waals surface area contributed by atoms with Crippen LogP contribution in [0.4, 0.5) is 5.69 Å². The molecule has 1 atom stereocenters. The van der Waals surface area contributed by atoms with Crippen LogP contribution in [0.5, 0.6) is 0 Å². The molecule has 0 saturated carbocycles. The van der Waals surface area contributed by atoms with Gasteiger partial charge < -0.3 is 19.5 Å². The van der Waals surface area contributed by atoms with E-state index in [0.29, 0.717) is 45.2 Å². The molecule has 0 aromatic heterocycles. The van der Waals surface area contributed by atoms with Crippen LogP contribution in [-0.2, 0) is 29.0 Å². The number of hydrogen-bond donors (Lipinski definition) is 1. The number of piperidine rings is 1. The van der Waals surface area contributed by atoms with Crippen molar-refractivity contribution < 1.29 is 27.4 Å². The zero-order valence-electron chi connectivity index (χ0n) is 17.0. The van der Waals surface area contributed by atoms with Crippen molar-refractivity contribution >= 4 is 21.6 Å². The molecule has 3 fully saturated rings. The van der Waals surface area contributed by atoms with Gasteiger partial charge in [0.1, 0.15) is 0 Å². The van der Waals surface area contributed by atoms with Crippen molar-refractivity contribution in [3.05, 3.63) is 24.3 Å². The highest BCUT2D eigenvalue weighted by Gasteiger charge is 2.32. The molecular weight excluding hydrogens is 410 g/mol. The van der Waals surface area contributed by atoms with Gasteiger partial charge in [-0.3, -0.25) is 9.69 Å². The van der Waals surface area contributed by atoms with Crippen molar-refractivity contribution in [1.82, 2.24) is 9.21 Å². The maximum absolute atomic E-state index is 12.8. The van der Waals surface area contributed by atoms with Crippen LogP contribution in [0.25, 0.3) is 0 Å². The highest BCUT2D eigenvalue weighted by molar-refractivity contribution is 7.89. The number of benzene rings is 1. The lowest BCUT2D eigenvalue weighted by Crippen LogP contribution is -2.44. The van der Waals surface area contributed by atoms with E-state index in [1.807, 2.05) is 0 Å². The number of anilines is 1. The standard InChI is InChI=1S/C20H29N3O6S/c24-19(15-22-6-2-3-16(14-22)20-28-11-12-29-20)21-17-4-1-5-18(13-17)30(25,26)23-7-9-27-10-8-23/h1,4-5,13,16,20H,2-3,6-12,14-15H2,(H,21,24). The summed E-state index contributed by atoms with van der Waals surface area (Å²) in [5.74, 6) is 0.112. The smallest absolute Gasteiger partial charge is 0.243 e. The van der Waals surface area contributed by atoms with Crippen molar-refractivity contribution in [2.24, 2.45) is 5.92 Å². The summed E-state index contributed by atoms with van der Waals surface area (Å²) < 4.78 is 43.5. The molecule has 1 amide bonds. The van der Waals surface area contributed by atoms with Gasteiger partial charge in [0, 0.05) is 31.2 Å². The third-order valence-corrected chi connectivity index (χ3v) is 7.56. The summed E-state index contributed by atoms with van der Waals surface area (Å²) in [6, 6.07) is 6.42. The minimum Gasteiger partial charge on any atom is -0.379 e. The van der Waals surface area contributed by atoms with Crippen LogP contribution in [0.15, 0.2) is 29.2 Å². The molecule has 0 bridgehead atoms. The highest BCUT2D eigenvalue weighted by Crippen LogP contribution is 2.25. The largest absolute Gasteiger partial charge is 0.379 e. The summed E-state index contributed by atoms with van der Waals surface area (Å²) in [6.45, 7) is 4.58. The van der Waals surface area contributed by atoms with E-state index in [1.54, 1.807) is 18.2 Å². The maximum Gasteiger partial charge on any atom is 0.243 e. The molecular formula is C20H29N3O6S. The van der Waals surface area contributed by atoms with E-state index in [0.717, 1.165) is 25.9 Å². The monoisotopic (exact) mass is 439 g/mol. The van der Waals surface area contributed by atoms with Crippen molar-refractivity contribution in [3.8, 4) is 0 Å². The number of ether oxygens (including phenoxy) is 3. The number of nitrogens with one attached hydrogen (secondary N) is 1. The minimum atomic E-state index is -3.60. The van der Waals surface area contributed by atoms with Crippen LogP contribution in [0.2, 0.25) is 0 Å². The molecule has 0 spiro atoms. The Morgan fingerprint density at radius 2 is 1.87 bits per heavy atom. The van der Waals surface area contributed by atoms with Crippen LogP contribution in [0.1, 0.15) is 12.8 Å². The molecule has 3 aliphatic rings. The first-order valence-corrected chi connectivity index (χ1v) is 11.9. The van der Waals surface area contributed by atoms with Gasteiger partial charge >= 0.3 is 0 Å². The molecule has 10 heteroatoms. The number of hydrogen-bond acceptors (Lipinski definition) is 7. The Kier molecular flexibility index (Phi) is 7.01. The molecule has 0 aliphatic carbocycles. The zero-order valence-corrected chi connectivity index (χ0v) is 17.8. The average molecular weight is 440 g/mol. The van der Waals surface area contributed by atoms with Crippen molar-refractivity contribution in [2.75, 3.05) is 64.5 Å².